The molecule has 0 bridgehead atoms. The minimum Gasteiger partial charge on any atom is -0.309 e. The van der Waals surface area contributed by atoms with E-state index in [1.54, 1.807) is 0 Å². The van der Waals surface area contributed by atoms with Gasteiger partial charge in [0.2, 0.25) is 0 Å². The maximum absolute atomic E-state index is 2.55. The predicted octanol–water partition coefficient (Wildman–Crippen LogP) is 19.3. The molecule has 0 saturated heterocycles. The van der Waals surface area contributed by atoms with Crippen molar-refractivity contribution in [2.75, 3.05) is 4.90 Å². The first-order valence-corrected chi connectivity index (χ1v) is 25.9. The lowest BCUT2D eigenvalue weighted by molar-refractivity contribution is 0.768. The van der Waals surface area contributed by atoms with Crippen molar-refractivity contribution in [3.05, 3.63) is 326 Å². The minimum atomic E-state index is -0.579. The highest BCUT2D eigenvalue weighted by molar-refractivity contribution is 6.14. The third-order valence-electron chi connectivity index (χ3n) is 15.5. The number of hydrogen-bond donors (Lipinski definition) is 0. The Balaban J connectivity index is 1.07. The van der Waals surface area contributed by atoms with E-state index in [1.165, 1.54) is 71.9 Å². The molecule has 1 aliphatic rings. The van der Waals surface area contributed by atoms with Crippen molar-refractivity contribution >= 4 is 38.9 Å². The van der Waals surface area contributed by atoms with Gasteiger partial charge in [0.05, 0.1) is 27.8 Å². The fraction of sp³-hybridized carbons (Fsp3) is 0.0137. The number of rotatable bonds is 10. The number of benzene rings is 12. The van der Waals surface area contributed by atoms with Gasteiger partial charge in [0.1, 0.15) is 0 Å². The van der Waals surface area contributed by atoms with E-state index in [2.05, 4.69) is 313 Å². The Morgan fingerprint density at radius 2 is 0.733 bits per heavy atom. The smallest absolute Gasteiger partial charge is 0.0714 e. The highest BCUT2D eigenvalue weighted by Crippen LogP contribution is 2.60. The zero-order valence-electron chi connectivity index (χ0n) is 41.3. The molecular weight excluding hydrogens is 905 g/mol. The van der Waals surface area contributed by atoms with Crippen LogP contribution in [0.2, 0.25) is 0 Å². The number of para-hydroxylation sites is 3. The highest BCUT2D eigenvalue weighted by Gasteiger charge is 2.47. The van der Waals surface area contributed by atoms with Crippen LogP contribution in [-0.4, -0.2) is 4.57 Å². The molecule has 1 aliphatic carbocycles. The number of nitrogens with zero attached hydrogens (tertiary/aromatic N) is 2. The van der Waals surface area contributed by atoms with Crippen LogP contribution in [0.3, 0.4) is 0 Å². The molecule has 2 heteroatoms. The second-order valence-electron chi connectivity index (χ2n) is 19.5. The summed E-state index contributed by atoms with van der Waals surface area (Å²) >= 11 is 0. The molecule has 0 amide bonds. The Hall–Kier alpha value is -9.76. The topological polar surface area (TPSA) is 8.17 Å². The molecule has 12 aromatic carbocycles. The third kappa shape index (κ3) is 7.10. The van der Waals surface area contributed by atoms with E-state index in [0.717, 1.165) is 50.6 Å². The van der Waals surface area contributed by atoms with Gasteiger partial charge in [-0.2, -0.15) is 0 Å². The Morgan fingerprint density at radius 3 is 1.41 bits per heavy atom. The maximum Gasteiger partial charge on any atom is 0.0714 e. The standard InChI is InChI=1S/C73H50N2/c1-6-25-51(26-7-1)58-35-16-17-37-62(58)70-59(52-27-8-2-9-28-52)39-23-45-68(70)74(57-49-47-53(48-50-57)60-40-22-41-63-61-36-19-21-44-67(61)75(72(60)63)56-33-14-5-15-34-56)69-46-24-43-66-71(69)64-38-18-20-42-65(64)73(66,54-29-10-3-11-30-54)55-31-12-4-13-32-55/h1-50H. The third-order valence-corrected chi connectivity index (χ3v) is 15.5. The molecule has 0 spiro atoms. The van der Waals surface area contributed by atoms with Gasteiger partial charge in [0.15, 0.2) is 0 Å². The summed E-state index contributed by atoms with van der Waals surface area (Å²) in [6.45, 7) is 0. The maximum atomic E-state index is 2.55. The number of hydrogen-bond acceptors (Lipinski definition) is 1. The van der Waals surface area contributed by atoms with Crippen molar-refractivity contribution in [2.24, 2.45) is 0 Å². The van der Waals surface area contributed by atoms with Gasteiger partial charge in [0, 0.05) is 38.8 Å². The van der Waals surface area contributed by atoms with Gasteiger partial charge in [-0.3, -0.25) is 0 Å². The molecule has 13 aromatic rings. The Kier molecular flexibility index (Phi) is 10.8. The second kappa shape index (κ2) is 18.4. The van der Waals surface area contributed by atoms with Gasteiger partial charge < -0.3 is 9.47 Å². The van der Waals surface area contributed by atoms with Gasteiger partial charge in [-0.1, -0.05) is 261 Å². The average molecular weight is 955 g/mol. The molecule has 0 unspecified atom stereocenters. The fourth-order valence-corrected chi connectivity index (χ4v) is 12.4. The molecule has 0 radical (unpaired) electrons. The van der Waals surface area contributed by atoms with E-state index < -0.39 is 5.41 Å². The van der Waals surface area contributed by atoms with Crippen LogP contribution in [-0.2, 0) is 5.41 Å². The summed E-state index contributed by atoms with van der Waals surface area (Å²) in [5.74, 6) is 0. The molecular formula is C73H50N2. The first-order chi connectivity index (χ1) is 37.3. The lowest BCUT2D eigenvalue weighted by atomic mass is 9.68. The van der Waals surface area contributed by atoms with E-state index in [1.807, 2.05) is 0 Å². The average Bonchev–Trinajstić information content (AvgIpc) is 4.14. The van der Waals surface area contributed by atoms with Gasteiger partial charge >= 0.3 is 0 Å². The molecule has 1 heterocycles. The number of fused-ring (bicyclic) bond motifs is 6. The molecule has 0 atom stereocenters. The van der Waals surface area contributed by atoms with Gasteiger partial charge in [-0.25, -0.2) is 0 Å². The van der Waals surface area contributed by atoms with Crippen LogP contribution in [0.15, 0.2) is 303 Å². The van der Waals surface area contributed by atoms with E-state index in [-0.39, 0.29) is 0 Å². The van der Waals surface area contributed by atoms with E-state index in [0.29, 0.717) is 0 Å². The fourth-order valence-electron chi connectivity index (χ4n) is 12.4. The summed E-state index contributed by atoms with van der Waals surface area (Å²) in [7, 11) is 0. The lowest BCUT2D eigenvalue weighted by Gasteiger charge is -2.35. The lowest BCUT2D eigenvalue weighted by Crippen LogP contribution is -2.28. The second-order valence-corrected chi connectivity index (χ2v) is 19.5. The highest BCUT2D eigenvalue weighted by atomic mass is 15.1. The van der Waals surface area contributed by atoms with Crippen LogP contribution < -0.4 is 4.90 Å². The van der Waals surface area contributed by atoms with Crippen LogP contribution in [0.1, 0.15) is 22.3 Å². The monoisotopic (exact) mass is 954 g/mol. The van der Waals surface area contributed by atoms with E-state index in [4.69, 9.17) is 0 Å². The van der Waals surface area contributed by atoms with Crippen molar-refractivity contribution in [3.8, 4) is 61.3 Å². The van der Waals surface area contributed by atoms with Gasteiger partial charge in [0.25, 0.3) is 0 Å². The van der Waals surface area contributed by atoms with Crippen LogP contribution in [0.25, 0.3) is 83.1 Å². The number of anilines is 3. The Labute approximate surface area is 438 Å². The molecule has 0 aliphatic heterocycles. The van der Waals surface area contributed by atoms with Crippen LogP contribution in [0.4, 0.5) is 17.1 Å². The molecule has 14 rings (SSSR count). The van der Waals surface area contributed by atoms with Crippen LogP contribution >= 0.6 is 0 Å². The van der Waals surface area contributed by atoms with E-state index in [9.17, 15) is 0 Å². The first-order valence-electron chi connectivity index (χ1n) is 25.9. The molecule has 2 nitrogen and oxygen atoms in total. The molecule has 0 N–H and O–H groups in total. The SMILES string of the molecule is c1ccc(-c2ccccc2-c2c(-c3ccccc3)cccc2N(c2ccc(-c3cccc4c5ccccc5n(-c5ccccc5)c34)cc2)c2cccc3c2-c2ccccc2C3(c2ccccc2)c2ccccc2)cc1. The predicted molar refractivity (Wildman–Crippen MR) is 315 cm³/mol. The molecule has 1 aromatic heterocycles. The van der Waals surface area contributed by atoms with Crippen molar-refractivity contribution in [3.63, 3.8) is 0 Å². The van der Waals surface area contributed by atoms with Gasteiger partial charge in [-0.15, -0.1) is 0 Å². The summed E-state index contributed by atoms with van der Waals surface area (Å²) in [5, 5.41) is 2.47. The molecule has 0 saturated carbocycles. The summed E-state index contributed by atoms with van der Waals surface area (Å²) in [6, 6.07) is 112. The normalized spacial score (nSPS) is 12.4. The van der Waals surface area contributed by atoms with E-state index >= 15 is 0 Å². The molecule has 352 valence electrons. The Morgan fingerprint density at radius 1 is 0.280 bits per heavy atom. The quantitative estimate of drug-likeness (QED) is 0.133. The van der Waals surface area contributed by atoms with Crippen LogP contribution in [0, 0.1) is 0 Å². The van der Waals surface area contributed by atoms with Crippen molar-refractivity contribution in [2.45, 2.75) is 5.41 Å². The Bertz CT molecular complexity index is 4160. The summed E-state index contributed by atoms with van der Waals surface area (Å²) in [5.41, 5.74) is 23.0. The summed E-state index contributed by atoms with van der Waals surface area (Å²) < 4.78 is 2.43. The zero-order valence-corrected chi connectivity index (χ0v) is 41.3. The van der Waals surface area contributed by atoms with Crippen LogP contribution in [0.5, 0.6) is 0 Å². The minimum absolute atomic E-state index is 0.579. The number of aromatic nitrogens is 1. The molecule has 0 fully saturated rings. The zero-order chi connectivity index (χ0) is 49.7. The van der Waals surface area contributed by atoms with Gasteiger partial charge in [-0.05, 0) is 104 Å². The first kappa shape index (κ1) is 44.0. The summed E-state index contributed by atoms with van der Waals surface area (Å²) in [6.07, 6.45) is 0. The van der Waals surface area contributed by atoms with Crippen molar-refractivity contribution in [1.29, 1.82) is 0 Å². The molecule has 75 heavy (non-hydrogen) atoms. The van der Waals surface area contributed by atoms with Crippen molar-refractivity contribution in [1.82, 2.24) is 4.57 Å². The van der Waals surface area contributed by atoms with Crippen molar-refractivity contribution < 1.29 is 0 Å². The summed E-state index contributed by atoms with van der Waals surface area (Å²) in [4.78, 5) is 2.55. The largest absolute Gasteiger partial charge is 0.309 e.